The fraction of sp³-hybridized carbons (Fsp3) is 0.875. The van der Waals surface area contributed by atoms with Crippen LogP contribution in [-0.2, 0) is 32.7 Å². The summed E-state index contributed by atoms with van der Waals surface area (Å²) in [6.45, 7) is 11.2. The molecule has 0 saturated heterocycles. The molecular weight excluding hydrogens is 185 g/mol. The second kappa shape index (κ2) is 5.86. The summed E-state index contributed by atoms with van der Waals surface area (Å²) in [6.07, 6.45) is 0. The molecule has 0 bridgehead atoms. The summed E-state index contributed by atoms with van der Waals surface area (Å²) in [5.41, 5.74) is 0. The van der Waals surface area contributed by atoms with Gasteiger partial charge >= 0.3 is 32.7 Å². The maximum absolute atomic E-state index is 2.28. The molecule has 1 atom stereocenters. The van der Waals surface area contributed by atoms with Gasteiger partial charge in [-0.15, -0.1) is 0 Å². The largest absolute Gasteiger partial charge is 3.00 e. The van der Waals surface area contributed by atoms with Crippen LogP contribution in [0.4, 0.5) is 0 Å². The van der Waals surface area contributed by atoms with Crippen LogP contribution in [0.25, 0.3) is 0 Å². The van der Waals surface area contributed by atoms with E-state index < -0.39 is 0 Å². The van der Waals surface area contributed by atoms with E-state index in [2.05, 4.69) is 34.6 Å². The molecule has 9 heavy (non-hydrogen) atoms. The Morgan fingerprint density at radius 2 is 1.33 bits per heavy atom. The van der Waals surface area contributed by atoms with E-state index in [-0.39, 0.29) is 32.7 Å². The Kier molecular flexibility index (Phi) is 8.30. The van der Waals surface area contributed by atoms with Gasteiger partial charge in [-0.3, -0.25) is 0 Å². The molecule has 0 nitrogen and oxygen atoms in total. The zero-order valence-electron chi connectivity index (χ0n) is 7.23. The first-order valence-corrected chi connectivity index (χ1v) is 3.35. The van der Waals surface area contributed by atoms with Crippen molar-refractivity contribution in [1.82, 2.24) is 0 Å². The first-order chi connectivity index (χ1) is 3.55. The average Bonchev–Trinajstić information content (AvgIpc) is 1.64. The van der Waals surface area contributed by atoms with E-state index in [0.29, 0.717) is 0 Å². The van der Waals surface area contributed by atoms with Gasteiger partial charge in [0.05, 0.1) is 0 Å². The molecule has 0 radical (unpaired) electrons. The smallest absolute Gasteiger partial charge is 0.317 e. The second-order valence-electron chi connectivity index (χ2n) is 3.11. The molecule has 0 aliphatic heterocycles. The van der Waals surface area contributed by atoms with Crippen molar-refractivity contribution in [3.63, 3.8) is 0 Å². The molecular formula is C8H17Y+2. The molecule has 0 fully saturated rings. The normalized spacial score (nSPS) is 13.7. The summed E-state index contributed by atoms with van der Waals surface area (Å²) in [5, 5.41) is 0. The van der Waals surface area contributed by atoms with Crippen LogP contribution in [-0.4, -0.2) is 0 Å². The third kappa shape index (κ3) is 5.54. The van der Waals surface area contributed by atoms with Crippen molar-refractivity contribution in [2.45, 2.75) is 34.6 Å². The Hall–Kier alpha value is 1.10. The minimum absolute atomic E-state index is 0. The van der Waals surface area contributed by atoms with Crippen molar-refractivity contribution in [1.29, 1.82) is 0 Å². The summed E-state index contributed by atoms with van der Waals surface area (Å²) in [4.78, 5) is 0. The maximum Gasteiger partial charge on any atom is 3.00 e. The fourth-order valence-electron chi connectivity index (χ4n) is 0.667. The predicted molar refractivity (Wildman–Crippen MR) is 38.6 cm³/mol. The molecule has 0 rings (SSSR count). The molecule has 0 aliphatic rings. The Labute approximate surface area is 84.7 Å². The molecule has 0 spiro atoms. The molecule has 0 N–H and O–H groups in total. The van der Waals surface area contributed by atoms with Gasteiger partial charge in [0.1, 0.15) is 0 Å². The van der Waals surface area contributed by atoms with Crippen molar-refractivity contribution in [3.05, 3.63) is 5.92 Å². The van der Waals surface area contributed by atoms with E-state index in [1.165, 1.54) is 0 Å². The summed E-state index contributed by atoms with van der Waals surface area (Å²) >= 11 is 0. The number of hydrogen-bond donors (Lipinski definition) is 0. The van der Waals surface area contributed by atoms with E-state index in [9.17, 15) is 0 Å². The van der Waals surface area contributed by atoms with Gasteiger partial charge in [0.2, 0.25) is 0 Å². The first kappa shape index (κ1) is 12.8. The van der Waals surface area contributed by atoms with Crippen LogP contribution in [0.15, 0.2) is 0 Å². The number of hydrogen-bond acceptors (Lipinski definition) is 0. The standard InChI is InChI=1S/C8H17.Y/c1-6(2)8(5)7(3)4;/h6,8H,1-5H3;/q-1;+3. The predicted octanol–water partition coefficient (Wildman–Crippen LogP) is 2.89. The van der Waals surface area contributed by atoms with Crippen LogP contribution < -0.4 is 0 Å². The van der Waals surface area contributed by atoms with Crippen LogP contribution in [0.3, 0.4) is 0 Å². The van der Waals surface area contributed by atoms with Gasteiger partial charge in [-0.25, -0.2) is 0 Å². The monoisotopic (exact) mass is 202 g/mol. The average molecular weight is 202 g/mol. The molecule has 0 aliphatic carbocycles. The van der Waals surface area contributed by atoms with Gasteiger partial charge in [-0.2, -0.15) is 19.8 Å². The molecule has 0 amide bonds. The van der Waals surface area contributed by atoms with Gasteiger partial charge in [-0.1, -0.05) is 26.7 Å². The quantitative estimate of drug-likeness (QED) is 0.604. The van der Waals surface area contributed by atoms with Crippen molar-refractivity contribution >= 4 is 0 Å². The van der Waals surface area contributed by atoms with Gasteiger partial charge in [0.15, 0.2) is 0 Å². The Morgan fingerprint density at radius 1 is 1.00 bits per heavy atom. The Morgan fingerprint density at radius 3 is 1.33 bits per heavy atom. The third-order valence-corrected chi connectivity index (χ3v) is 1.91. The second-order valence-corrected chi connectivity index (χ2v) is 3.11. The summed E-state index contributed by atoms with van der Waals surface area (Å²) < 4.78 is 0. The van der Waals surface area contributed by atoms with Gasteiger partial charge < -0.3 is 5.92 Å². The molecule has 50 valence electrons. The van der Waals surface area contributed by atoms with Gasteiger partial charge in [0.25, 0.3) is 0 Å². The van der Waals surface area contributed by atoms with E-state index in [1.54, 1.807) is 5.92 Å². The SMILES string of the molecule is C[C-](C)C(C)C(C)C.[Y+3]. The molecule has 0 aromatic rings. The maximum atomic E-state index is 2.28. The van der Waals surface area contributed by atoms with E-state index in [1.807, 2.05) is 0 Å². The van der Waals surface area contributed by atoms with Crippen LogP contribution in [0.2, 0.25) is 0 Å². The summed E-state index contributed by atoms with van der Waals surface area (Å²) in [6, 6.07) is 0. The molecule has 1 heteroatoms. The van der Waals surface area contributed by atoms with Crippen LogP contribution in [0.5, 0.6) is 0 Å². The van der Waals surface area contributed by atoms with Crippen molar-refractivity contribution in [2.24, 2.45) is 11.8 Å². The van der Waals surface area contributed by atoms with Crippen LogP contribution >= 0.6 is 0 Å². The van der Waals surface area contributed by atoms with Crippen molar-refractivity contribution < 1.29 is 32.7 Å². The molecule has 0 heterocycles. The van der Waals surface area contributed by atoms with Crippen molar-refractivity contribution in [3.8, 4) is 0 Å². The van der Waals surface area contributed by atoms with E-state index >= 15 is 0 Å². The summed E-state index contributed by atoms with van der Waals surface area (Å²) in [7, 11) is 0. The van der Waals surface area contributed by atoms with E-state index in [0.717, 1.165) is 11.8 Å². The first-order valence-electron chi connectivity index (χ1n) is 3.35. The summed E-state index contributed by atoms with van der Waals surface area (Å²) in [5.74, 6) is 3.13. The van der Waals surface area contributed by atoms with Gasteiger partial charge in [0, 0.05) is 0 Å². The molecule has 0 aromatic heterocycles. The minimum atomic E-state index is 0. The fourth-order valence-corrected chi connectivity index (χ4v) is 0.667. The van der Waals surface area contributed by atoms with Gasteiger partial charge in [-0.05, 0) is 0 Å². The third-order valence-electron chi connectivity index (χ3n) is 1.91. The van der Waals surface area contributed by atoms with Crippen LogP contribution in [0.1, 0.15) is 34.6 Å². The molecule has 0 saturated carbocycles. The Bertz CT molecular complexity index is 49.6. The van der Waals surface area contributed by atoms with Crippen molar-refractivity contribution in [2.75, 3.05) is 0 Å². The molecule has 0 aromatic carbocycles. The Balaban J connectivity index is 0. The van der Waals surface area contributed by atoms with E-state index in [4.69, 9.17) is 0 Å². The molecule has 1 unspecified atom stereocenters. The van der Waals surface area contributed by atoms with Crippen LogP contribution in [0, 0.1) is 17.8 Å². The topological polar surface area (TPSA) is 0 Å². The minimum Gasteiger partial charge on any atom is -0.317 e. The number of rotatable bonds is 2. The zero-order chi connectivity index (χ0) is 6.73. The zero-order valence-corrected chi connectivity index (χ0v) is 10.1.